The zero-order valence-electron chi connectivity index (χ0n) is 10.2. The molecule has 0 spiro atoms. The summed E-state index contributed by atoms with van der Waals surface area (Å²) < 4.78 is 1.48. The molecule has 0 unspecified atom stereocenters. The topological polar surface area (TPSA) is 84.1 Å². The Morgan fingerprint density at radius 3 is 2.74 bits per heavy atom. The van der Waals surface area contributed by atoms with Crippen molar-refractivity contribution in [1.29, 1.82) is 0 Å². The maximum atomic E-state index is 11.3. The van der Waals surface area contributed by atoms with Crippen molar-refractivity contribution < 1.29 is 9.90 Å². The summed E-state index contributed by atoms with van der Waals surface area (Å²) in [5.74, 6) is -0.437. The highest BCUT2D eigenvalue weighted by atomic mass is 16.4. The van der Waals surface area contributed by atoms with Gasteiger partial charge in [-0.1, -0.05) is 23.3 Å². The van der Waals surface area contributed by atoms with Crippen LogP contribution in [0.3, 0.4) is 0 Å². The number of fused-ring (bicyclic) bond motifs is 1. The molecule has 0 saturated heterocycles. The first-order valence-electron chi connectivity index (χ1n) is 5.73. The summed E-state index contributed by atoms with van der Waals surface area (Å²) in [5, 5.41) is 20.7. The summed E-state index contributed by atoms with van der Waals surface area (Å²) in [5.41, 5.74) is 1.74. The van der Waals surface area contributed by atoms with Crippen molar-refractivity contribution in [2.45, 2.75) is 13.5 Å². The third kappa shape index (κ3) is 1.75. The normalized spacial score (nSPS) is 14.5. The number of carbonyl (C=O) groups is 1. The van der Waals surface area contributed by atoms with Gasteiger partial charge in [0, 0.05) is 11.4 Å². The molecule has 0 saturated carbocycles. The fourth-order valence-electron chi connectivity index (χ4n) is 2.12. The number of tetrazole rings is 1. The largest absolute Gasteiger partial charge is 0.478 e. The van der Waals surface area contributed by atoms with Crippen molar-refractivity contribution in [3.05, 3.63) is 41.6 Å². The number of nitrogens with zero attached hydrogens (tertiary/aromatic N) is 5. The summed E-state index contributed by atoms with van der Waals surface area (Å²) in [7, 11) is 0. The Morgan fingerprint density at radius 2 is 2.05 bits per heavy atom. The minimum atomic E-state index is -0.959. The molecule has 7 nitrogen and oxygen atoms in total. The lowest BCUT2D eigenvalue weighted by molar-refractivity contribution is -0.133. The van der Waals surface area contributed by atoms with Crippen LogP contribution < -0.4 is 4.90 Å². The van der Waals surface area contributed by atoms with Crippen molar-refractivity contribution >= 4 is 17.6 Å². The molecule has 0 aliphatic carbocycles. The molecule has 0 amide bonds. The second-order valence-corrected chi connectivity index (χ2v) is 4.18. The molecule has 0 bridgehead atoms. The van der Waals surface area contributed by atoms with Gasteiger partial charge in [0.15, 0.2) is 0 Å². The van der Waals surface area contributed by atoms with Gasteiger partial charge in [-0.3, -0.25) is 4.90 Å². The summed E-state index contributed by atoms with van der Waals surface area (Å²) in [6.07, 6.45) is 0. The highest BCUT2D eigenvalue weighted by Crippen LogP contribution is 2.32. The van der Waals surface area contributed by atoms with Crippen LogP contribution in [0.4, 0.5) is 11.6 Å². The number of benzene rings is 1. The van der Waals surface area contributed by atoms with Gasteiger partial charge in [0.2, 0.25) is 0 Å². The van der Waals surface area contributed by atoms with Crippen molar-refractivity contribution in [3.8, 4) is 0 Å². The molecule has 0 atom stereocenters. The van der Waals surface area contributed by atoms with Gasteiger partial charge in [0.05, 0.1) is 12.1 Å². The lowest BCUT2D eigenvalue weighted by atomic mass is 10.1. The van der Waals surface area contributed by atoms with E-state index in [2.05, 4.69) is 15.5 Å². The van der Waals surface area contributed by atoms with E-state index in [1.165, 1.54) is 4.68 Å². The predicted octanol–water partition coefficient (Wildman–Crippen LogP) is 1.18. The Hall–Kier alpha value is -2.70. The third-order valence-corrected chi connectivity index (χ3v) is 3.07. The molecule has 0 radical (unpaired) electrons. The number of carboxylic acid groups (broad SMARTS) is 1. The van der Waals surface area contributed by atoms with Crippen LogP contribution in [0.1, 0.15) is 6.92 Å². The second kappa shape index (κ2) is 4.20. The zero-order valence-corrected chi connectivity index (χ0v) is 10.2. The molecule has 2 aromatic rings. The molecule has 2 heterocycles. The zero-order chi connectivity index (χ0) is 13.4. The van der Waals surface area contributed by atoms with Gasteiger partial charge in [-0.15, -0.1) is 0 Å². The second-order valence-electron chi connectivity index (χ2n) is 4.18. The van der Waals surface area contributed by atoms with E-state index in [9.17, 15) is 9.90 Å². The van der Waals surface area contributed by atoms with Crippen molar-refractivity contribution in [1.82, 2.24) is 20.2 Å². The summed E-state index contributed by atoms with van der Waals surface area (Å²) in [6.45, 7) is 1.93. The fourth-order valence-corrected chi connectivity index (χ4v) is 2.12. The van der Waals surface area contributed by atoms with Crippen LogP contribution in [-0.4, -0.2) is 31.3 Å². The van der Waals surface area contributed by atoms with E-state index in [4.69, 9.17) is 0 Å². The maximum Gasteiger partial charge on any atom is 0.335 e. The first-order chi connectivity index (χ1) is 9.18. The highest BCUT2D eigenvalue weighted by molar-refractivity contribution is 5.89. The monoisotopic (exact) mass is 257 g/mol. The number of anilines is 2. The number of allylic oxidation sites excluding steroid dienone is 1. The van der Waals surface area contributed by atoms with Gasteiger partial charge in [-0.25, -0.2) is 9.48 Å². The third-order valence-electron chi connectivity index (χ3n) is 3.07. The standard InChI is InChI=1S/C12H11N5O2/c1-8-10(11(18)19)7-16-12(13-14-15-16)17(8)9-5-3-2-4-6-9/h2-6H,7H2,1H3,(H,18,19). The average molecular weight is 257 g/mol. The minimum Gasteiger partial charge on any atom is -0.478 e. The van der Waals surface area contributed by atoms with Crippen LogP contribution in [0.2, 0.25) is 0 Å². The van der Waals surface area contributed by atoms with Gasteiger partial charge in [0.25, 0.3) is 5.95 Å². The van der Waals surface area contributed by atoms with E-state index in [0.717, 1.165) is 5.69 Å². The summed E-state index contributed by atoms with van der Waals surface area (Å²) in [6, 6.07) is 9.42. The Kier molecular flexibility index (Phi) is 2.52. The molecular formula is C12H11N5O2. The number of para-hydroxylation sites is 1. The molecule has 19 heavy (non-hydrogen) atoms. The summed E-state index contributed by atoms with van der Waals surface area (Å²) >= 11 is 0. The van der Waals surface area contributed by atoms with Crippen LogP contribution in [-0.2, 0) is 11.3 Å². The Balaban J connectivity index is 2.18. The molecule has 3 rings (SSSR count). The number of rotatable bonds is 2. The molecule has 0 fully saturated rings. The van der Waals surface area contributed by atoms with Gasteiger partial charge < -0.3 is 5.11 Å². The van der Waals surface area contributed by atoms with Crippen molar-refractivity contribution in [3.63, 3.8) is 0 Å². The summed E-state index contributed by atoms with van der Waals surface area (Å²) in [4.78, 5) is 13.0. The highest BCUT2D eigenvalue weighted by Gasteiger charge is 2.29. The lowest BCUT2D eigenvalue weighted by Gasteiger charge is -2.29. The maximum absolute atomic E-state index is 11.3. The molecule has 1 N–H and O–H groups in total. The van der Waals surface area contributed by atoms with E-state index in [-0.39, 0.29) is 12.1 Å². The smallest absolute Gasteiger partial charge is 0.335 e. The van der Waals surface area contributed by atoms with E-state index in [1.807, 2.05) is 30.3 Å². The van der Waals surface area contributed by atoms with E-state index < -0.39 is 5.97 Å². The van der Waals surface area contributed by atoms with Crippen LogP contribution in [0.25, 0.3) is 0 Å². The van der Waals surface area contributed by atoms with Crippen LogP contribution in [0.5, 0.6) is 0 Å². The minimum absolute atomic E-state index is 0.173. The Bertz CT molecular complexity index is 662. The van der Waals surface area contributed by atoms with Crippen LogP contribution in [0, 0.1) is 0 Å². The average Bonchev–Trinajstić information content (AvgIpc) is 2.86. The first kappa shape index (κ1) is 11.4. The van der Waals surface area contributed by atoms with Crippen molar-refractivity contribution in [2.75, 3.05) is 4.90 Å². The number of hydrogen-bond donors (Lipinski definition) is 1. The number of aromatic nitrogens is 4. The number of aliphatic carboxylic acids is 1. The predicted molar refractivity (Wildman–Crippen MR) is 66.7 cm³/mol. The lowest BCUT2D eigenvalue weighted by Crippen LogP contribution is -2.29. The van der Waals surface area contributed by atoms with Crippen molar-refractivity contribution in [2.24, 2.45) is 0 Å². The Labute approximate surface area is 108 Å². The molecule has 1 aromatic heterocycles. The molecule has 1 aliphatic heterocycles. The van der Waals surface area contributed by atoms with Gasteiger partial charge in [-0.05, 0) is 29.5 Å². The first-order valence-corrected chi connectivity index (χ1v) is 5.73. The number of carboxylic acids is 1. The van der Waals surface area contributed by atoms with Gasteiger partial charge in [-0.2, -0.15) is 0 Å². The van der Waals surface area contributed by atoms with E-state index in [0.29, 0.717) is 11.6 Å². The van der Waals surface area contributed by atoms with Crippen LogP contribution in [0.15, 0.2) is 41.6 Å². The SMILES string of the molecule is CC1=C(C(=O)O)Cn2nnnc2N1c1ccccc1. The van der Waals surface area contributed by atoms with E-state index in [1.54, 1.807) is 11.8 Å². The fraction of sp³-hybridized carbons (Fsp3) is 0.167. The van der Waals surface area contributed by atoms with Gasteiger partial charge in [0.1, 0.15) is 0 Å². The molecule has 1 aliphatic rings. The quantitative estimate of drug-likeness (QED) is 0.869. The molecule has 1 aromatic carbocycles. The van der Waals surface area contributed by atoms with Gasteiger partial charge >= 0.3 is 5.97 Å². The Morgan fingerprint density at radius 1 is 1.32 bits per heavy atom. The molecule has 96 valence electrons. The molecular weight excluding hydrogens is 246 g/mol. The van der Waals surface area contributed by atoms with E-state index >= 15 is 0 Å². The number of hydrogen-bond acceptors (Lipinski definition) is 5. The molecule has 7 heteroatoms. The van der Waals surface area contributed by atoms with Crippen LogP contribution >= 0.6 is 0 Å².